The normalized spacial score (nSPS) is 12.6. The first kappa shape index (κ1) is 12.9. The maximum absolute atomic E-state index is 6.15. The van der Waals surface area contributed by atoms with Gasteiger partial charge in [-0.25, -0.2) is 0 Å². The number of hydrogen-bond acceptors (Lipinski definition) is 2. The van der Waals surface area contributed by atoms with Crippen LogP contribution in [0.1, 0.15) is 25.3 Å². The summed E-state index contributed by atoms with van der Waals surface area (Å²) >= 11 is 0. The third-order valence-electron chi connectivity index (χ3n) is 3.32. The van der Waals surface area contributed by atoms with Gasteiger partial charge in [0.25, 0.3) is 0 Å². The van der Waals surface area contributed by atoms with E-state index in [-0.39, 0.29) is 6.04 Å². The number of rotatable bonds is 5. The lowest BCUT2D eigenvalue weighted by atomic mass is 9.97. The third-order valence-corrected chi connectivity index (χ3v) is 3.32. The van der Waals surface area contributed by atoms with Crippen LogP contribution in [0.25, 0.3) is 10.8 Å². The van der Waals surface area contributed by atoms with Crippen LogP contribution >= 0.6 is 0 Å². The van der Waals surface area contributed by atoms with Crippen LogP contribution in [0.3, 0.4) is 0 Å². The van der Waals surface area contributed by atoms with E-state index in [9.17, 15) is 0 Å². The average Bonchev–Trinajstić information content (AvgIpc) is 2.39. The zero-order valence-corrected chi connectivity index (χ0v) is 11.1. The third kappa shape index (κ3) is 2.82. The van der Waals surface area contributed by atoms with Gasteiger partial charge in [-0.2, -0.15) is 0 Å². The maximum Gasteiger partial charge on any atom is 0.119 e. The Kier molecular flexibility index (Phi) is 4.21. The van der Waals surface area contributed by atoms with Crippen LogP contribution in [0.4, 0.5) is 0 Å². The highest BCUT2D eigenvalue weighted by Crippen LogP contribution is 2.25. The number of hydrogen-bond donors (Lipinski definition) is 1. The lowest BCUT2D eigenvalue weighted by Gasteiger charge is -2.13. The maximum atomic E-state index is 6.15. The van der Waals surface area contributed by atoms with Gasteiger partial charge in [0.15, 0.2) is 0 Å². The van der Waals surface area contributed by atoms with Gasteiger partial charge in [-0.3, -0.25) is 0 Å². The van der Waals surface area contributed by atoms with Gasteiger partial charge >= 0.3 is 0 Å². The first-order valence-corrected chi connectivity index (χ1v) is 6.55. The zero-order chi connectivity index (χ0) is 13.0. The molecule has 1 atom stereocenters. The predicted molar refractivity (Wildman–Crippen MR) is 77.1 cm³/mol. The summed E-state index contributed by atoms with van der Waals surface area (Å²) in [6.07, 6.45) is 3.13. The molecule has 1 unspecified atom stereocenters. The monoisotopic (exact) mass is 243 g/mol. The van der Waals surface area contributed by atoms with E-state index < -0.39 is 0 Å². The van der Waals surface area contributed by atoms with Gasteiger partial charge in [0, 0.05) is 6.04 Å². The Hall–Kier alpha value is -1.54. The first-order valence-electron chi connectivity index (χ1n) is 6.55. The number of nitrogens with two attached hydrogens (primary N) is 1. The van der Waals surface area contributed by atoms with E-state index in [0.29, 0.717) is 0 Å². The molecule has 0 spiro atoms. The number of ether oxygens (including phenoxy) is 1. The smallest absolute Gasteiger partial charge is 0.119 e. The number of fused-ring (bicyclic) bond motifs is 1. The van der Waals surface area contributed by atoms with Crippen molar-refractivity contribution in [1.82, 2.24) is 0 Å². The molecule has 0 heterocycles. The van der Waals surface area contributed by atoms with Crippen molar-refractivity contribution in [2.45, 2.75) is 32.2 Å². The Morgan fingerprint density at radius 2 is 2.06 bits per heavy atom. The van der Waals surface area contributed by atoms with Crippen molar-refractivity contribution in [3.05, 3.63) is 42.0 Å². The second-order valence-corrected chi connectivity index (χ2v) is 4.76. The number of benzene rings is 2. The van der Waals surface area contributed by atoms with Crippen LogP contribution in [-0.2, 0) is 6.42 Å². The van der Waals surface area contributed by atoms with Gasteiger partial charge in [-0.05, 0) is 41.3 Å². The Balaban J connectivity index is 2.36. The minimum Gasteiger partial charge on any atom is -0.497 e. The minimum atomic E-state index is 0.242. The van der Waals surface area contributed by atoms with Crippen LogP contribution in [0, 0.1) is 0 Å². The Labute approximate surface area is 109 Å². The first-order chi connectivity index (χ1) is 8.74. The molecular weight excluding hydrogens is 222 g/mol. The highest BCUT2D eigenvalue weighted by molar-refractivity contribution is 5.87. The highest BCUT2D eigenvalue weighted by Gasteiger charge is 2.07. The zero-order valence-electron chi connectivity index (χ0n) is 11.1. The highest BCUT2D eigenvalue weighted by atomic mass is 16.5. The molecular formula is C16H21NO. The lowest BCUT2D eigenvalue weighted by molar-refractivity contribution is 0.415. The molecule has 0 saturated heterocycles. The van der Waals surface area contributed by atoms with Crippen LogP contribution in [0.2, 0.25) is 0 Å². The van der Waals surface area contributed by atoms with Crippen LogP contribution in [0.5, 0.6) is 5.75 Å². The lowest BCUT2D eigenvalue weighted by Crippen LogP contribution is -2.22. The molecule has 0 radical (unpaired) electrons. The Morgan fingerprint density at radius 1 is 1.22 bits per heavy atom. The quantitative estimate of drug-likeness (QED) is 0.872. The molecule has 96 valence electrons. The molecule has 2 aromatic rings. The van der Waals surface area contributed by atoms with E-state index in [0.717, 1.165) is 25.0 Å². The second-order valence-electron chi connectivity index (χ2n) is 4.76. The molecule has 2 heteroatoms. The van der Waals surface area contributed by atoms with Gasteiger partial charge in [0.05, 0.1) is 7.11 Å². The summed E-state index contributed by atoms with van der Waals surface area (Å²) in [7, 11) is 1.70. The summed E-state index contributed by atoms with van der Waals surface area (Å²) in [5.41, 5.74) is 7.46. The minimum absolute atomic E-state index is 0.242. The van der Waals surface area contributed by atoms with E-state index in [2.05, 4.69) is 37.3 Å². The summed E-state index contributed by atoms with van der Waals surface area (Å²) in [4.78, 5) is 0. The summed E-state index contributed by atoms with van der Waals surface area (Å²) in [6, 6.07) is 12.8. The standard InChI is InChI=1S/C16H21NO/c1-3-5-14(17)10-13-7-4-6-12-8-9-15(18-2)11-16(12)13/h4,6-9,11,14H,3,5,10,17H2,1-2H3. The summed E-state index contributed by atoms with van der Waals surface area (Å²) in [5.74, 6) is 0.902. The van der Waals surface area contributed by atoms with Gasteiger partial charge in [0.2, 0.25) is 0 Å². The molecule has 0 aliphatic rings. The van der Waals surface area contributed by atoms with Gasteiger partial charge in [-0.1, -0.05) is 37.6 Å². The molecule has 0 aliphatic heterocycles. The van der Waals surface area contributed by atoms with Gasteiger partial charge in [0.1, 0.15) is 5.75 Å². The van der Waals surface area contributed by atoms with Gasteiger partial charge < -0.3 is 10.5 Å². The molecule has 0 fully saturated rings. The average molecular weight is 243 g/mol. The van der Waals surface area contributed by atoms with E-state index in [1.165, 1.54) is 16.3 Å². The molecule has 18 heavy (non-hydrogen) atoms. The van der Waals surface area contributed by atoms with E-state index in [1.807, 2.05) is 6.07 Å². The molecule has 0 aliphatic carbocycles. The molecule has 0 amide bonds. The van der Waals surface area contributed by atoms with Crippen molar-refractivity contribution in [2.75, 3.05) is 7.11 Å². The fourth-order valence-electron chi connectivity index (χ4n) is 2.38. The molecule has 0 aromatic heterocycles. The molecule has 0 saturated carbocycles. The summed E-state index contributed by atoms with van der Waals surface area (Å²) in [6.45, 7) is 2.17. The van der Waals surface area contributed by atoms with Crippen LogP contribution in [-0.4, -0.2) is 13.2 Å². The Morgan fingerprint density at radius 3 is 2.78 bits per heavy atom. The Bertz CT molecular complexity index is 521. The molecule has 2 N–H and O–H groups in total. The summed E-state index contributed by atoms with van der Waals surface area (Å²) < 4.78 is 5.30. The van der Waals surface area contributed by atoms with Crippen molar-refractivity contribution in [1.29, 1.82) is 0 Å². The van der Waals surface area contributed by atoms with E-state index in [1.54, 1.807) is 7.11 Å². The second kappa shape index (κ2) is 5.87. The molecule has 2 aromatic carbocycles. The van der Waals surface area contributed by atoms with Crippen molar-refractivity contribution >= 4 is 10.8 Å². The fraction of sp³-hybridized carbons (Fsp3) is 0.375. The number of methoxy groups -OCH3 is 1. The molecule has 0 bridgehead atoms. The largest absolute Gasteiger partial charge is 0.497 e. The predicted octanol–water partition coefficient (Wildman–Crippen LogP) is 3.52. The molecule has 2 nitrogen and oxygen atoms in total. The van der Waals surface area contributed by atoms with Crippen LogP contribution in [0.15, 0.2) is 36.4 Å². The van der Waals surface area contributed by atoms with Crippen molar-refractivity contribution in [2.24, 2.45) is 5.73 Å². The van der Waals surface area contributed by atoms with E-state index in [4.69, 9.17) is 10.5 Å². The SMILES string of the molecule is CCCC(N)Cc1cccc2ccc(OC)cc12. The van der Waals surface area contributed by atoms with E-state index >= 15 is 0 Å². The van der Waals surface area contributed by atoms with Crippen LogP contribution < -0.4 is 10.5 Å². The topological polar surface area (TPSA) is 35.2 Å². The van der Waals surface area contributed by atoms with Crippen molar-refractivity contribution < 1.29 is 4.74 Å². The fourth-order valence-corrected chi connectivity index (χ4v) is 2.38. The van der Waals surface area contributed by atoms with Gasteiger partial charge in [-0.15, -0.1) is 0 Å². The summed E-state index contributed by atoms with van der Waals surface area (Å²) in [5, 5.41) is 2.50. The molecule has 2 rings (SSSR count). The van der Waals surface area contributed by atoms with Crippen molar-refractivity contribution in [3.63, 3.8) is 0 Å². The van der Waals surface area contributed by atoms with Crippen molar-refractivity contribution in [3.8, 4) is 5.75 Å².